The van der Waals surface area contributed by atoms with Gasteiger partial charge in [0.2, 0.25) is 0 Å². The first-order valence-corrected chi connectivity index (χ1v) is 6.08. The van der Waals surface area contributed by atoms with E-state index in [0.717, 1.165) is 18.5 Å². The maximum absolute atomic E-state index is 6.35. The maximum atomic E-state index is 6.35. The lowest BCUT2D eigenvalue weighted by atomic mass is 10.0. The molecule has 1 unspecified atom stereocenters. The van der Waals surface area contributed by atoms with Crippen LogP contribution in [0.3, 0.4) is 0 Å². The van der Waals surface area contributed by atoms with Crippen LogP contribution in [0.2, 0.25) is 0 Å². The second-order valence-corrected chi connectivity index (χ2v) is 4.65. The van der Waals surface area contributed by atoms with Gasteiger partial charge in [0.15, 0.2) is 0 Å². The Labute approximate surface area is 137 Å². The third kappa shape index (κ3) is 4.56. The zero-order chi connectivity index (χ0) is 12.4. The minimum absolute atomic E-state index is 0. The molecule has 3 rings (SSSR count). The molecule has 0 fully saturated rings. The van der Waals surface area contributed by atoms with Crippen LogP contribution in [0.5, 0.6) is 0 Å². The molecule has 5 nitrogen and oxygen atoms in total. The van der Waals surface area contributed by atoms with Crippen LogP contribution >= 0.6 is 24.8 Å². The van der Waals surface area contributed by atoms with Gasteiger partial charge >= 0.3 is 0 Å². The zero-order valence-corrected chi connectivity index (χ0v) is 13.2. The first-order chi connectivity index (χ1) is 8.75. The van der Waals surface area contributed by atoms with E-state index in [4.69, 9.17) is 5.73 Å². The van der Waals surface area contributed by atoms with E-state index in [1.165, 1.54) is 5.56 Å². The molecule has 2 aliphatic heterocycles. The van der Waals surface area contributed by atoms with Gasteiger partial charge in [-0.3, -0.25) is 9.99 Å². The Morgan fingerprint density at radius 2 is 1.90 bits per heavy atom. The molecule has 0 saturated heterocycles. The Bertz CT molecular complexity index is 529. The summed E-state index contributed by atoms with van der Waals surface area (Å²) in [6, 6.07) is 4.05. The molecular formula is C14H21Cl2N5. The Balaban J connectivity index is 0.00000133. The molecule has 2 aliphatic rings. The SMILES string of the molecule is Cl.Cl.N.NC1(CCc2ccncc2)C=C2C=CC=CN2N1. The van der Waals surface area contributed by atoms with Crippen molar-refractivity contribution in [3.8, 4) is 0 Å². The maximum Gasteiger partial charge on any atom is 0.106 e. The van der Waals surface area contributed by atoms with Gasteiger partial charge in [0.1, 0.15) is 5.66 Å². The highest BCUT2D eigenvalue weighted by Gasteiger charge is 2.31. The molecule has 1 aromatic rings. The number of fused-ring (bicyclic) bond motifs is 1. The van der Waals surface area contributed by atoms with E-state index >= 15 is 0 Å². The molecule has 0 amide bonds. The number of nitrogens with one attached hydrogen (secondary N) is 1. The first-order valence-electron chi connectivity index (χ1n) is 6.08. The van der Waals surface area contributed by atoms with Crippen LogP contribution in [0.15, 0.2) is 60.7 Å². The zero-order valence-electron chi connectivity index (χ0n) is 11.6. The van der Waals surface area contributed by atoms with Crippen LogP contribution in [0.1, 0.15) is 12.0 Å². The molecule has 0 saturated carbocycles. The number of aromatic nitrogens is 1. The molecule has 0 aromatic carbocycles. The number of pyridine rings is 1. The highest BCUT2D eigenvalue weighted by atomic mass is 35.5. The van der Waals surface area contributed by atoms with Crippen LogP contribution in [-0.4, -0.2) is 15.7 Å². The second-order valence-electron chi connectivity index (χ2n) is 4.65. The summed E-state index contributed by atoms with van der Waals surface area (Å²) in [4.78, 5) is 4.02. The summed E-state index contributed by atoms with van der Waals surface area (Å²) >= 11 is 0. The van der Waals surface area contributed by atoms with Gasteiger partial charge in [-0.2, -0.15) is 0 Å². The number of nitrogens with two attached hydrogens (primary N) is 1. The molecule has 7 heteroatoms. The van der Waals surface area contributed by atoms with Gasteiger partial charge in [-0.05, 0) is 48.8 Å². The van der Waals surface area contributed by atoms with Crippen molar-refractivity contribution in [1.29, 1.82) is 0 Å². The van der Waals surface area contributed by atoms with E-state index in [9.17, 15) is 0 Å². The van der Waals surface area contributed by atoms with E-state index in [1.54, 1.807) is 0 Å². The predicted molar refractivity (Wildman–Crippen MR) is 90.3 cm³/mol. The Morgan fingerprint density at radius 1 is 1.19 bits per heavy atom. The monoisotopic (exact) mass is 329 g/mol. The molecule has 21 heavy (non-hydrogen) atoms. The van der Waals surface area contributed by atoms with Crippen molar-refractivity contribution < 1.29 is 0 Å². The van der Waals surface area contributed by atoms with Crippen molar-refractivity contribution in [2.45, 2.75) is 18.5 Å². The van der Waals surface area contributed by atoms with Crippen LogP contribution < -0.4 is 17.3 Å². The first kappa shape index (κ1) is 19.6. The van der Waals surface area contributed by atoms with E-state index in [0.29, 0.717) is 0 Å². The fraction of sp³-hybridized carbons (Fsp3) is 0.214. The summed E-state index contributed by atoms with van der Waals surface area (Å²) < 4.78 is 0. The van der Waals surface area contributed by atoms with E-state index < -0.39 is 5.66 Å². The fourth-order valence-corrected chi connectivity index (χ4v) is 2.22. The van der Waals surface area contributed by atoms with Crippen molar-refractivity contribution in [3.63, 3.8) is 0 Å². The minimum Gasteiger partial charge on any atom is -0.344 e. The number of allylic oxidation sites excluding steroid dienone is 3. The topological polar surface area (TPSA) is 89.2 Å². The van der Waals surface area contributed by atoms with Gasteiger partial charge in [0, 0.05) is 18.6 Å². The van der Waals surface area contributed by atoms with Crippen molar-refractivity contribution in [2.75, 3.05) is 0 Å². The molecule has 1 atom stereocenters. The van der Waals surface area contributed by atoms with Crippen LogP contribution in [0.25, 0.3) is 0 Å². The highest BCUT2D eigenvalue weighted by Crippen LogP contribution is 2.24. The molecule has 0 radical (unpaired) electrons. The van der Waals surface area contributed by atoms with Crippen LogP contribution in [0.4, 0.5) is 0 Å². The summed E-state index contributed by atoms with van der Waals surface area (Å²) in [7, 11) is 0. The molecule has 3 heterocycles. The molecule has 1 aromatic heterocycles. The number of hydrogen-bond donors (Lipinski definition) is 3. The largest absolute Gasteiger partial charge is 0.344 e. The molecule has 0 aliphatic carbocycles. The molecule has 0 spiro atoms. The average Bonchev–Trinajstić information content (AvgIpc) is 2.74. The second kappa shape index (κ2) is 8.17. The van der Waals surface area contributed by atoms with Crippen molar-refractivity contribution >= 4 is 24.8 Å². The van der Waals surface area contributed by atoms with E-state index in [-0.39, 0.29) is 31.0 Å². The lowest BCUT2D eigenvalue weighted by Crippen LogP contribution is -2.52. The number of halogens is 2. The van der Waals surface area contributed by atoms with Gasteiger partial charge in [0.05, 0.1) is 5.70 Å². The fourth-order valence-electron chi connectivity index (χ4n) is 2.22. The van der Waals surface area contributed by atoms with Gasteiger partial charge in [-0.1, -0.05) is 6.08 Å². The summed E-state index contributed by atoms with van der Waals surface area (Å²) in [5.41, 5.74) is 11.5. The number of nitrogens with zero attached hydrogens (tertiary/aromatic N) is 2. The lowest BCUT2D eigenvalue weighted by Gasteiger charge is -2.26. The molecular weight excluding hydrogens is 309 g/mol. The van der Waals surface area contributed by atoms with Gasteiger partial charge in [0.25, 0.3) is 0 Å². The number of hydrogen-bond acceptors (Lipinski definition) is 5. The normalized spacial score (nSPS) is 21.6. The Kier molecular flexibility index (Phi) is 7.63. The quantitative estimate of drug-likeness (QED) is 0.792. The number of hydrazine groups is 1. The number of rotatable bonds is 3. The van der Waals surface area contributed by atoms with E-state index in [2.05, 4.69) is 16.5 Å². The van der Waals surface area contributed by atoms with Gasteiger partial charge in [-0.15, -0.1) is 24.8 Å². The standard InChI is InChI=1S/C14H16N4.2ClH.H3N/c15-14(7-4-12-5-8-16-9-6-12)11-13-3-1-2-10-18(13)17-14;;;/h1-3,5-6,8-11,17H,4,7,15H2;2*1H;1H3. The smallest absolute Gasteiger partial charge is 0.106 e. The minimum atomic E-state index is -0.475. The predicted octanol–water partition coefficient (Wildman–Crippen LogP) is 2.46. The highest BCUT2D eigenvalue weighted by molar-refractivity contribution is 5.85. The molecule has 0 bridgehead atoms. The third-order valence-electron chi connectivity index (χ3n) is 3.20. The summed E-state index contributed by atoms with van der Waals surface area (Å²) in [6.07, 6.45) is 15.5. The van der Waals surface area contributed by atoms with Crippen molar-refractivity contribution in [1.82, 2.24) is 21.6 Å². The molecule has 116 valence electrons. The number of aryl methyl sites for hydroxylation is 1. The van der Waals surface area contributed by atoms with Crippen molar-refractivity contribution in [2.24, 2.45) is 5.73 Å². The summed E-state index contributed by atoms with van der Waals surface area (Å²) in [5.74, 6) is 0. The van der Waals surface area contributed by atoms with Gasteiger partial charge in [-0.25, -0.2) is 5.43 Å². The van der Waals surface area contributed by atoms with Gasteiger partial charge < -0.3 is 11.9 Å². The Morgan fingerprint density at radius 3 is 2.57 bits per heavy atom. The van der Waals surface area contributed by atoms with Crippen molar-refractivity contribution in [3.05, 3.63) is 66.3 Å². The van der Waals surface area contributed by atoms with Crippen LogP contribution in [-0.2, 0) is 6.42 Å². The summed E-state index contributed by atoms with van der Waals surface area (Å²) in [5, 5.41) is 1.96. The molecule has 6 N–H and O–H groups in total. The van der Waals surface area contributed by atoms with E-state index in [1.807, 2.05) is 54.0 Å². The summed E-state index contributed by atoms with van der Waals surface area (Å²) in [6.45, 7) is 0. The lowest BCUT2D eigenvalue weighted by molar-refractivity contribution is 0.262. The van der Waals surface area contributed by atoms with Crippen LogP contribution in [0, 0.1) is 0 Å². The third-order valence-corrected chi connectivity index (χ3v) is 3.20. The average molecular weight is 330 g/mol. The Hall–Kier alpha value is -1.37.